The number of carbonyl (C=O) groups is 2. The molecule has 0 radical (unpaired) electrons. The van der Waals surface area contributed by atoms with Crippen LogP contribution in [0, 0.1) is 5.82 Å². The monoisotopic (exact) mass is 356 g/mol. The largest absolute Gasteiger partial charge is 0.343 e. The molecule has 4 nitrogen and oxygen atoms in total. The Hall–Kier alpha value is -1.43. The van der Waals surface area contributed by atoms with Crippen molar-refractivity contribution in [2.24, 2.45) is 0 Å². The van der Waals surface area contributed by atoms with Crippen LogP contribution in [0.15, 0.2) is 22.7 Å². The highest BCUT2D eigenvalue weighted by Crippen LogP contribution is 2.29. The zero-order valence-electron chi connectivity index (χ0n) is 12.2. The quantitative estimate of drug-likeness (QED) is 0.904. The lowest BCUT2D eigenvalue weighted by molar-refractivity contribution is -0.157. The Morgan fingerprint density at radius 2 is 2.10 bits per heavy atom. The second kappa shape index (κ2) is 5.75. The van der Waals surface area contributed by atoms with Crippen molar-refractivity contribution in [1.29, 1.82) is 0 Å². The van der Waals surface area contributed by atoms with Crippen molar-refractivity contribution < 1.29 is 14.0 Å². The van der Waals surface area contributed by atoms with Crippen LogP contribution in [0.1, 0.15) is 32.8 Å². The summed E-state index contributed by atoms with van der Waals surface area (Å²) in [6.07, 6.45) is 0.490. The molecule has 2 rings (SSSR count). The van der Waals surface area contributed by atoms with Crippen LogP contribution in [-0.4, -0.2) is 28.3 Å². The summed E-state index contributed by atoms with van der Waals surface area (Å²) in [6, 6.07) is 4.12. The van der Waals surface area contributed by atoms with Gasteiger partial charge in [-0.1, -0.05) is 19.1 Å². The normalized spacial score (nSPS) is 26.0. The molecule has 1 N–H and O–H groups in total. The molecule has 0 aliphatic carbocycles. The molecule has 1 heterocycles. The van der Waals surface area contributed by atoms with Crippen LogP contribution in [0.25, 0.3) is 0 Å². The molecule has 2 amide bonds. The molecule has 2 unspecified atom stereocenters. The number of hydrogen-bond donors (Lipinski definition) is 1. The lowest BCUT2D eigenvalue weighted by Gasteiger charge is -2.45. The number of hydrogen-bond acceptors (Lipinski definition) is 2. The summed E-state index contributed by atoms with van der Waals surface area (Å²) in [5.41, 5.74) is -0.278. The highest BCUT2D eigenvalue weighted by Gasteiger charge is 2.46. The summed E-state index contributed by atoms with van der Waals surface area (Å²) >= 11 is 3.20. The van der Waals surface area contributed by atoms with Crippen molar-refractivity contribution in [3.05, 3.63) is 34.1 Å². The average molecular weight is 357 g/mol. The van der Waals surface area contributed by atoms with Gasteiger partial charge in [-0.3, -0.25) is 9.59 Å². The Morgan fingerprint density at radius 1 is 1.43 bits per heavy atom. The Balaban J connectivity index is 2.40. The molecule has 114 valence electrons. The first-order valence-corrected chi connectivity index (χ1v) is 7.66. The van der Waals surface area contributed by atoms with Gasteiger partial charge in [0.05, 0.1) is 4.47 Å². The van der Waals surface area contributed by atoms with Gasteiger partial charge in [-0.2, -0.15) is 0 Å². The number of carbonyl (C=O) groups excluding carboxylic acids is 2. The van der Waals surface area contributed by atoms with E-state index in [0.29, 0.717) is 16.5 Å². The molecule has 2 atom stereocenters. The Morgan fingerprint density at radius 3 is 2.71 bits per heavy atom. The Kier molecular flexibility index (Phi) is 4.37. The van der Waals surface area contributed by atoms with Crippen LogP contribution in [0.4, 0.5) is 4.39 Å². The molecule has 1 fully saturated rings. The maximum absolute atomic E-state index is 13.6. The van der Waals surface area contributed by atoms with E-state index < -0.39 is 11.6 Å². The minimum Gasteiger partial charge on any atom is -0.343 e. The minimum atomic E-state index is -0.921. The van der Waals surface area contributed by atoms with E-state index >= 15 is 0 Å². The molecule has 0 saturated carbocycles. The van der Waals surface area contributed by atoms with Crippen LogP contribution >= 0.6 is 15.9 Å². The first-order valence-electron chi connectivity index (χ1n) is 6.86. The van der Waals surface area contributed by atoms with E-state index in [0.717, 1.165) is 0 Å². The fourth-order valence-corrected chi connectivity index (χ4v) is 2.85. The van der Waals surface area contributed by atoms with Gasteiger partial charge in [0.2, 0.25) is 11.8 Å². The topological polar surface area (TPSA) is 49.4 Å². The molecule has 0 bridgehead atoms. The third-order valence-corrected chi connectivity index (χ3v) is 5.01. The van der Waals surface area contributed by atoms with Crippen LogP contribution in [0.3, 0.4) is 0 Å². The van der Waals surface area contributed by atoms with Gasteiger partial charge in [0, 0.05) is 6.54 Å². The van der Waals surface area contributed by atoms with Gasteiger partial charge in [-0.05, 0) is 47.8 Å². The van der Waals surface area contributed by atoms with Crippen molar-refractivity contribution in [1.82, 2.24) is 10.2 Å². The lowest BCUT2D eigenvalue weighted by atomic mass is 9.90. The summed E-state index contributed by atoms with van der Waals surface area (Å²) in [5, 5.41) is 2.70. The number of amides is 2. The molecular formula is C15H18BrFN2O2. The number of nitrogens with one attached hydrogen (secondary N) is 1. The fraction of sp³-hybridized carbons (Fsp3) is 0.467. The summed E-state index contributed by atoms with van der Waals surface area (Å²) < 4.78 is 14.0. The standard InChI is InChI=1S/C15H18BrFN2O2/c1-4-15(3)14(21)18-9(2)13(20)19(15)8-10-6-5-7-11(17)12(10)16/h5-7,9H,4,8H2,1-3H3,(H,18,21). The number of piperazine rings is 1. The smallest absolute Gasteiger partial charge is 0.246 e. The molecule has 1 aliphatic rings. The summed E-state index contributed by atoms with van der Waals surface area (Å²) in [4.78, 5) is 26.3. The zero-order chi connectivity index (χ0) is 15.8. The van der Waals surface area contributed by atoms with Crippen LogP contribution in [-0.2, 0) is 16.1 Å². The van der Waals surface area contributed by atoms with Crippen molar-refractivity contribution in [2.45, 2.75) is 45.3 Å². The van der Waals surface area contributed by atoms with Crippen molar-refractivity contribution in [3.63, 3.8) is 0 Å². The van der Waals surface area contributed by atoms with E-state index in [4.69, 9.17) is 0 Å². The van der Waals surface area contributed by atoms with Crippen molar-refractivity contribution in [3.8, 4) is 0 Å². The summed E-state index contributed by atoms with van der Waals surface area (Å²) in [6.45, 7) is 5.44. The van der Waals surface area contributed by atoms with Gasteiger partial charge in [-0.15, -0.1) is 0 Å². The molecule has 1 aromatic carbocycles. The van der Waals surface area contributed by atoms with Gasteiger partial charge < -0.3 is 10.2 Å². The predicted octanol–water partition coefficient (Wildman–Crippen LogP) is 2.60. The van der Waals surface area contributed by atoms with Crippen LogP contribution in [0.5, 0.6) is 0 Å². The van der Waals surface area contributed by atoms with E-state index in [1.165, 1.54) is 11.0 Å². The molecule has 6 heteroatoms. The van der Waals surface area contributed by atoms with Crippen molar-refractivity contribution >= 4 is 27.7 Å². The second-order valence-corrected chi connectivity index (χ2v) is 6.25. The van der Waals surface area contributed by atoms with Gasteiger partial charge >= 0.3 is 0 Å². The van der Waals surface area contributed by atoms with E-state index in [1.807, 2.05) is 6.92 Å². The average Bonchev–Trinajstić information content (AvgIpc) is 2.45. The Bertz CT molecular complexity index is 593. The number of rotatable bonds is 3. The molecule has 0 spiro atoms. The predicted molar refractivity (Wildman–Crippen MR) is 81.0 cm³/mol. The van der Waals surface area contributed by atoms with E-state index in [1.54, 1.807) is 26.0 Å². The number of nitrogens with zero attached hydrogens (tertiary/aromatic N) is 1. The van der Waals surface area contributed by atoms with Gasteiger partial charge in [-0.25, -0.2) is 4.39 Å². The summed E-state index contributed by atoms with van der Waals surface area (Å²) in [7, 11) is 0. The van der Waals surface area contributed by atoms with E-state index in [9.17, 15) is 14.0 Å². The lowest BCUT2D eigenvalue weighted by Crippen LogP contribution is -2.68. The maximum atomic E-state index is 13.6. The molecule has 1 aliphatic heterocycles. The highest BCUT2D eigenvalue weighted by molar-refractivity contribution is 9.10. The van der Waals surface area contributed by atoms with Gasteiger partial charge in [0.1, 0.15) is 17.4 Å². The zero-order valence-corrected chi connectivity index (χ0v) is 13.8. The van der Waals surface area contributed by atoms with Crippen LogP contribution in [0.2, 0.25) is 0 Å². The number of benzene rings is 1. The van der Waals surface area contributed by atoms with E-state index in [-0.39, 0.29) is 24.2 Å². The van der Waals surface area contributed by atoms with E-state index in [2.05, 4.69) is 21.2 Å². The molecule has 21 heavy (non-hydrogen) atoms. The van der Waals surface area contributed by atoms with Gasteiger partial charge in [0.25, 0.3) is 0 Å². The first-order chi connectivity index (χ1) is 9.81. The molecule has 0 aromatic heterocycles. The molecule has 1 saturated heterocycles. The third kappa shape index (κ3) is 2.69. The SMILES string of the molecule is CCC1(C)C(=O)NC(C)C(=O)N1Cc1cccc(F)c1Br. The van der Waals surface area contributed by atoms with Gasteiger partial charge in [0.15, 0.2) is 0 Å². The fourth-order valence-electron chi connectivity index (χ4n) is 2.46. The summed E-state index contributed by atoms with van der Waals surface area (Å²) in [5.74, 6) is -0.715. The third-order valence-electron chi connectivity index (χ3n) is 4.12. The first kappa shape index (κ1) is 15.9. The van der Waals surface area contributed by atoms with Crippen molar-refractivity contribution in [2.75, 3.05) is 0 Å². The van der Waals surface area contributed by atoms with Crippen LogP contribution < -0.4 is 5.32 Å². The molecular weight excluding hydrogens is 339 g/mol. The highest BCUT2D eigenvalue weighted by atomic mass is 79.9. The minimum absolute atomic E-state index is 0.157. The number of halogens is 2. The Labute approximate surface area is 131 Å². The second-order valence-electron chi connectivity index (χ2n) is 5.46. The molecule has 1 aromatic rings. The maximum Gasteiger partial charge on any atom is 0.246 e.